The number of nitrogens with zero attached hydrogens (tertiary/aromatic N) is 1. The van der Waals surface area contributed by atoms with Crippen LogP contribution in [0, 0.1) is 11.3 Å². The van der Waals surface area contributed by atoms with Gasteiger partial charge in [0.05, 0.1) is 6.10 Å². The van der Waals surface area contributed by atoms with E-state index >= 15 is 0 Å². The van der Waals surface area contributed by atoms with Crippen molar-refractivity contribution in [3.8, 4) is 0 Å². The number of piperidine rings is 1. The molecule has 0 aromatic rings. The summed E-state index contributed by atoms with van der Waals surface area (Å²) in [5, 5.41) is 3.48. The van der Waals surface area contributed by atoms with Gasteiger partial charge in [0.2, 0.25) is 5.91 Å². The lowest BCUT2D eigenvalue weighted by Crippen LogP contribution is -2.65. The number of nitrogens with one attached hydrogen (secondary N) is 1. The van der Waals surface area contributed by atoms with Crippen LogP contribution in [-0.2, 0) is 9.53 Å². The number of rotatable bonds is 6. The van der Waals surface area contributed by atoms with Gasteiger partial charge in [0.1, 0.15) is 0 Å². The maximum atomic E-state index is 13.3. The van der Waals surface area contributed by atoms with Crippen molar-refractivity contribution in [3.63, 3.8) is 0 Å². The highest BCUT2D eigenvalue weighted by atomic mass is 35.5. The molecule has 0 bridgehead atoms. The Bertz CT molecular complexity index is 439. The van der Waals surface area contributed by atoms with Crippen molar-refractivity contribution in [2.45, 2.75) is 90.3 Å². The summed E-state index contributed by atoms with van der Waals surface area (Å²) in [4.78, 5) is 15.6. The average Bonchev–Trinajstić information content (AvgIpc) is 3.09. The topological polar surface area (TPSA) is 41.6 Å². The van der Waals surface area contributed by atoms with Crippen molar-refractivity contribution >= 4 is 18.3 Å². The van der Waals surface area contributed by atoms with Crippen molar-refractivity contribution in [2.75, 3.05) is 19.7 Å². The summed E-state index contributed by atoms with van der Waals surface area (Å²) in [5.74, 6) is 0.647. The van der Waals surface area contributed by atoms with Crippen molar-refractivity contribution in [3.05, 3.63) is 0 Å². The van der Waals surface area contributed by atoms with Gasteiger partial charge in [-0.15, -0.1) is 12.4 Å². The molecule has 1 N–H and O–H groups in total. The zero-order valence-corrected chi connectivity index (χ0v) is 17.1. The van der Waals surface area contributed by atoms with E-state index < -0.39 is 0 Å². The lowest BCUT2D eigenvalue weighted by Gasteiger charge is -2.58. The average molecular weight is 373 g/mol. The van der Waals surface area contributed by atoms with Gasteiger partial charge in [-0.1, -0.05) is 19.8 Å². The van der Waals surface area contributed by atoms with Crippen molar-refractivity contribution in [1.82, 2.24) is 10.2 Å². The molecule has 1 spiro atoms. The van der Waals surface area contributed by atoms with Crippen LogP contribution in [0.15, 0.2) is 0 Å². The maximum Gasteiger partial charge on any atom is 0.226 e. The maximum absolute atomic E-state index is 13.3. The molecule has 25 heavy (non-hydrogen) atoms. The van der Waals surface area contributed by atoms with Crippen molar-refractivity contribution < 1.29 is 9.53 Å². The molecule has 1 saturated heterocycles. The summed E-state index contributed by atoms with van der Waals surface area (Å²) in [6, 6.07) is 0.892. The van der Waals surface area contributed by atoms with Gasteiger partial charge in [-0.25, -0.2) is 0 Å². The predicted molar refractivity (Wildman–Crippen MR) is 104 cm³/mol. The molecule has 146 valence electrons. The third-order valence-corrected chi connectivity index (χ3v) is 6.74. The second-order valence-electron chi connectivity index (χ2n) is 8.24. The molecule has 2 aliphatic carbocycles. The van der Waals surface area contributed by atoms with Gasteiger partial charge < -0.3 is 15.0 Å². The molecule has 4 atom stereocenters. The molecule has 1 aliphatic heterocycles. The molecule has 2 saturated carbocycles. The van der Waals surface area contributed by atoms with Gasteiger partial charge >= 0.3 is 0 Å². The molecule has 0 aromatic carbocycles. The lowest BCUT2D eigenvalue weighted by atomic mass is 9.59. The smallest absolute Gasteiger partial charge is 0.226 e. The first-order valence-electron chi connectivity index (χ1n) is 10.3. The lowest BCUT2D eigenvalue weighted by molar-refractivity contribution is -0.179. The first kappa shape index (κ1) is 21.0. The van der Waals surface area contributed by atoms with E-state index in [9.17, 15) is 4.79 Å². The molecular formula is C20H37ClN2O2. The van der Waals surface area contributed by atoms with Crippen LogP contribution in [-0.4, -0.2) is 48.7 Å². The Morgan fingerprint density at radius 3 is 2.56 bits per heavy atom. The summed E-state index contributed by atoms with van der Waals surface area (Å²) in [7, 11) is 0. The van der Waals surface area contributed by atoms with E-state index in [4.69, 9.17) is 4.74 Å². The summed E-state index contributed by atoms with van der Waals surface area (Å²) in [6.07, 6.45) is 9.59. The summed E-state index contributed by atoms with van der Waals surface area (Å²) in [6.45, 7) is 9.20. The first-order valence-corrected chi connectivity index (χ1v) is 10.3. The third-order valence-electron chi connectivity index (χ3n) is 6.74. The number of hydrogen-bond donors (Lipinski definition) is 1. The Labute approximate surface area is 159 Å². The minimum Gasteiger partial charge on any atom is -0.378 e. The highest BCUT2D eigenvalue weighted by molar-refractivity contribution is 5.85. The Morgan fingerprint density at radius 1 is 1.24 bits per heavy atom. The fourth-order valence-electron chi connectivity index (χ4n) is 5.54. The molecule has 0 radical (unpaired) electrons. The molecule has 5 heteroatoms. The highest BCUT2D eigenvalue weighted by Gasteiger charge is 2.59. The van der Waals surface area contributed by atoms with E-state index in [-0.39, 0.29) is 23.7 Å². The van der Waals surface area contributed by atoms with Crippen LogP contribution >= 0.6 is 12.4 Å². The molecule has 1 heterocycles. The van der Waals surface area contributed by atoms with Crippen molar-refractivity contribution in [2.24, 2.45) is 11.3 Å². The van der Waals surface area contributed by atoms with E-state index in [0.717, 1.165) is 45.4 Å². The fourth-order valence-corrected chi connectivity index (χ4v) is 5.54. The van der Waals surface area contributed by atoms with Crippen LogP contribution in [0.5, 0.6) is 0 Å². The standard InChI is InChI=1S/C20H36N2O2.ClH/c1-4-12-22(19(23)16-8-11-21-15(3)13-16)17-14-18(24-5-2)20(17)9-6-7-10-20;/h15-18,21H,4-14H2,1-3H3;1H/t15-,16-,17?,18?;/m0./s1. The van der Waals surface area contributed by atoms with E-state index in [0.29, 0.717) is 24.1 Å². The second-order valence-corrected chi connectivity index (χ2v) is 8.24. The van der Waals surface area contributed by atoms with Crippen molar-refractivity contribution in [1.29, 1.82) is 0 Å². The minimum atomic E-state index is 0. The third kappa shape index (κ3) is 4.01. The van der Waals surface area contributed by atoms with Crippen LogP contribution in [0.4, 0.5) is 0 Å². The van der Waals surface area contributed by atoms with E-state index in [1.54, 1.807) is 0 Å². The molecule has 3 fully saturated rings. The molecule has 1 amide bonds. The molecular weight excluding hydrogens is 336 g/mol. The normalized spacial score (nSPS) is 33.6. The number of hydrogen-bond acceptors (Lipinski definition) is 3. The zero-order chi connectivity index (χ0) is 17.2. The number of ether oxygens (including phenoxy) is 1. The summed E-state index contributed by atoms with van der Waals surface area (Å²) in [5.41, 5.74) is 0.263. The molecule has 0 aromatic heterocycles. The monoisotopic (exact) mass is 372 g/mol. The summed E-state index contributed by atoms with van der Waals surface area (Å²) >= 11 is 0. The van der Waals surface area contributed by atoms with E-state index in [1.807, 2.05) is 0 Å². The van der Waals surface area contributed by atoms with Crippen LogP contribution < -0.4 is 5.32 Å². The van der Waals surface area contributed by atoms with Crippen LogP contribution in [0.25, 0.3) is 0 Å². The largest absolute Gasteiger partial charge is 0.378 e. The molecule has 3 aliphatic rings. The summed E-state index contributed by atoms with van der Waals surface area (Å²) < 4.78 is 6.07. The highest BCUT2D eigenvalue weighted by Crippen LogP contribution is 2.57. The molecule has 2 unspecified atom stereocenters. The fraction of sp³-hybridized carbons (Fsp3) is 0.950. The second kappa shape index (κ2) is 9.05. The van der Waals surface area contributed by atoms with E-state index in [1.165, 1.54) is 25.7 Å². The number of carbonyl (C=O) groups excluding carboxylic acids is 1. The SMILES string of the molecule is CCCN(C(=O)[C@H]1CCN[C@@H](C)C1)C1CC(OCC)C12CCCC2.Cl. The number of amides is 1. The zero-order valence-electron chi connectivity index (χ0n) is 16.3. The van der Waals surface area contributed by atoms with Gasteiger partial charge in [0.25, 0.3) is 0 Å². The van der Waals surface area contributed by atoms with Gasteiger partial charge in [-0.2, -0.15) is 0 Å². The number of carbonyl (C=O) groups is 1. The van der Waals surface area contributed by atoms with Crippen LogP contribution in [0.1, 0.15) is 72.1 Å². The predicted octanol–water partition coefficient (Wildman–Crippen LogP) is 3.77. The van der Waals surface area contributed by atoms with Gasteiger partial charge in [-0.05, 0) is 58.9 Å². The first-order chi connectivity index (χ1) is 11.6. The Hall–Kier alpha value is -0.320. The molecule has 3 rings (SSSR count). The van der Waals surface area contributed by atoms with Gasteiger partial charge in [-0.3, -0.25) is 4.79 Å². The quantitative estimate of drug-likeness (QED) is 0.771. The van der Waals surface area contributed by atoms with E-state index in [2.05, 4.69) is 31.0 Å². The number of halogens is 1. The Morgan fingerprint density at radius 2 is 1.96 bits per heavy atom. The van der Waals surface area contributed by atoms with Gasteiger partial charge in [0.15, 0.2) is 0 Å². The molecule has 4 nitrogen and oxygen atoms in total. The van der Waals surface area contributed by atoms with Crippen LogP contribution in [0.3, 0.4) is 0 Å². The van der Waals surface area contributed by atoms with Gasteiger partial charge in [0, 0.05) is 36.6 Å². The Kier molecular flexibility index (Phi) is 7.60. The minimum absolute atomic E-state index is 0. The Balaban J connectivity index is 0.00000225. The van der Waals surface area contributed by atoms with Crippen LogP contribution in [0.2, 0.25) is 0 Å².